The van der Waals surface area contributed by atoms with Crippen LogP contribution in [0.4, 0.5) is 0 Å². The monoisotopic (exact) mass is 489 g/mol. The van der Waals surface area contributed by atoms with Crippen molar-refractivity contribution in [3.05, 3.63) is 65.7 Å². The average molecular weight is 490 g/mol. The van der Waals surface area contributed by atoms with Gasteiger partial charge in [0.2, 0.25) is 5.91 Å². The summed E-state index contributed by atoms with van der Waals surface area (Å²) in [6.45, 7) is 3.76. The molecule has 2 aliphatic carbocycles. The second-order valence-corrected chi connectivity index (χ2v) is 12.4. The summed E-state index contributed by atoms with van der Waals surface area (Å²) in [4.78, 5) is 12.9. The summed E-state index contributed by atoms with van der Waals surface area (Å²) >= 11 is 0. The first-order chi connectivity index (χ1) is 17.4. The number of amides is 1. The van der Waals surface area contributed by atoms with Gasteiger partial charge in [0.25, 0.3) is 0 Å². The van der Waals surface area contributed by atoms with Crippen LogP contribution in [0.25, 0.3) is 0 Å². The lowest BCUT2D eigenvalue weighted by Gasteiger charge is -2.55. The third kappa shape index (κ3) is 6.14. The van der Waals surface area contributed by atoms with Crippen molar-refractivity contribution in [3.63, 3.8) is 0 Å². The second kappa shape index (κ2) is 11.0. The van der Waals surface area contributed by atoms with Crippen LogP contribution in [-0.2, 0) is 16.6 Å². The highest BCUT2D eigenvalue weighted by molar-refractivity contribution is 5.76. The molecule has 5 rings (SSSR count). The van der Waals surface area contributed by atoms with Crippen LogP contribution in [0.2, 0.25) is 0 Å². The molecule has 0 radical (unpaired) electrons. The molecule has 0 aromatic heterocycles. The van der Waals surface area contributed by atoms with Crippen LogP contribution >= 0.6 is 0 Å². The van der Waals surface area contributed by atoms with Crippen molar-refractivity contribution in [2.24, 2.45) is 11.8 Å². The molecule has 2 aromatic rings. The number of quaternary nitrogens is 1. The van der Waals surface area contributed by atoms with Crippen molar-refractivity contribution in [1.29, 1.82) is 0 Å². The van der Waals surface area contributed by atoms with Gasteiger partial charge in [-0.25, -0.2) is 0 Å². The van der Waals surface area contributed by atoms with E-state index in [0.29, 0.717) is 18.1 Å². The van der Waals surface area contributed by atoms with Crippen LogP contribution in [0.3, 0.4) is 0 Å². The van der Waals surface area contributed by atoms with E-state index in [1.807, 2.05) is 12.1 Å². The average Bonchev–Trinajstić information content (AvgIpc) is 3.68. The SMILES string of the molecule is C[N@+]1(CC2CC2)CC[C@@]2(c3cccc(O)c3)C[C@@H](NC(=O)CCCCCc3ccccc3)CCC2C1. The zero-order valence-electron chi connectivity index (χ0n) is 22.1. The number of rotatable bonds is 10. The van der Waals surface area contributed by atoms with Crippen LogP contribution in [-0.4, -0.2) is 48.2 Å². The van der Waals surface area contributed by atoms with Gasteiger partial charge in [0.05, 0.1) is 26.7 Å². The van der Waals surface area contributed by atoms with Gasteiger partial charge in [-0.1, -0.05) is 48.9 Å². The van der Waals surface area contributed by atoms with E-state index in [1.165, 1.54) is 48.1 Å². The molecule has 2 N–H and O–H groups in total. The molecule has 1 amide bonds. The maximum Gasteiger partial charge on any atom is 0.220 e. The minimum Gasteiger partial charge on any atom is -0.508 e. The summed E-state index contributed by atoms with van der Waals surface area (Å²) in [7, 11) is 2.47. The molecule has 4 heteroatoms. The molecule has 1 unspecified atom stereocenters. The van der Waals surface area contributed by atoms with Gasteiger partial charge in [-0.15, -0.1) is 0 Å². The largest absolute Gasteiger partial charge is 0.508 e. The number of hydrogen-bond donors (Lipinski definition) is 2. The Bertz CT molecular complexity index is 1020. The predicted molar refractivity (Wildman–Crippen MR) is 146 cm³/mol. The lowest BCUT2D eigenvalue weighted by atomic mass is 9.57. The Labute approximate surface area is 217 Å². The standard InChI is InChI=1S/C32H44N2O2/c1-34(23-26-15-16-26)20-19-32(27-12-8-13-30(35)21-27)22-29(18-17-28(32)24-34)33-31(36)14-7-3-6-11-25-9-4-2-5-10-25/h2,4-5,8-10,12-13,21,26,28-29H,3,6-7,11,14-20,22-24H2,1H3,(H-,33,35,36)/p+1/t28?,29-,32-,34+/m0/s1. The van der Waals surface area contributed by atoms with E-state index in [2.05, 4.69) is 48.8 Å². The van der Waals surface area contributed by atoms with Crippen molar-refractivity contribution in [3.8, 4) is 5.75 Å². The van der Waals surface area contributed by atoms with Crippen LogP contribution in [0.5, 0.6) is 5.75 Å². The number of piperidine rings is 1. The third-order valence-corrected chi connectivity index (χ3v) is 9.41. The van der Waals surface area contributed by atoms with E-state index >= 15 is 0 Å². The highest BCUT2D eigenvalue weighted by Crippen LogP contribution is 2.51. The molecular formula is C32H45N2O2+. The summed E-state index contributed by atoms with van der Waals surface area (Å²) in [5.41, 5.74) is 2.73. The highest BCUT2D eigenvalue weighted by Gasteiger charge is 2.53. The van der Waals surface area contributed by atoms with Gasteiger partial charge in [0, 0.05) is 36.1 Å². The summed E-state index contributed by atoms with van der Waals surface area (Å²) < 4.78 is 1.20. The number of carbonyl (C=O) groups excluding carboxylic acids is 1. The molecule has 1 heterocycles. The van der Waals surface area contributed by atoms with E-state index in [-0.39, 0.29) is 17.4 Å². The fourth-order valence-electron chi connectivity index (χ4n) is 7.31. The predicted octanol–water partition coefficient (Wildman–Crippen LogP) is 5.98. The Hall–Kier alpha value is -2.33. The van der Waals surface area contributed by atoms with Crippen molar-refractivity contribution < 1.29 is 14.4 Å². The van der Waals surface area contributed by atoms with Gasteiger partial charge >= 0.3 is 0 Å². The fraction of sp³-hybridized carbons (Fsp3) is 0.594. The van der Waals surface area contributed by atoms with Crippen LogP contribution in [0, 0.1) is 11.8 Å². The van der Waals surface area contributed by atoms with E-state index in [9.17, 15) is 9.90 Å². The van der Waals surface area contributed by atoms with Crippen molar-refractivity contribution in [2.45, 2.75) is 82.1 Å². The number of aryl methyl sites for hydroxylation is 1. The molecule has 36 heavy (non-hydrogen) atoms. The summed E-state index contributed by atoms with van der Waals surface area (Å²) in [6, 6.07) is 18.9. The van der Waals surface area contributed by atoms with Crippen molar-refractivity contribution >= 4 is 5.91 Å². The third-order valence-electron chi connectivity index (χ3n) is 9.41. The number of nitrogens with zero attached hydrogens (tertiary/aromatic N) is 1. The van der Waals surface area contributed by atoms with Crippen LogP contribution in [0.1, 0.15) is 75.3 Å². The molecule has 4 nitrogen and oxygen atoms in total. The number of carbonyl (C=O) groups is 1. The summed E-state index contributed by atoms with van der Waals surface area (Å²) in [6.07, 6.45) is 12.1. The zero-order valence-corrected chi connectivity index (χ0v) is 22.1. The normalized spacial score (nSPS) is 29.9. The minimum atomic E-state index is 0.0614. The molecule has 4 atom stereocenters. The molecule has 3 fully saturated rings. The fourth-order valence-corrected chi connectivity index (χ4v) is 7.31. The maximum atomic E-state index is 12.9. The van der Waals surface area contributed by atoms with Gasteiger partial charge in [-0.3, -0.25) is 4.79 Å². The van der Waals surface area contributed by atoms with Crippen LogP contribution < -0.4 is 5.32 Å². The van der Waals surface area contributed by atoms with Gasteiger partial charge in [0.1, 0.15) is 5.75 Å². The van der Waals surface area contributed by atoms with E-state index < -0.39 is 0 Å². The summed E-state index contributed by atoms with van der Waals surface area (Å²) in [5.74, 6) is 2.13. The van der Waals surface area contributed by atoms with Gasteiger partial charge in [-0.05, 0) is 74.6 Å². The van der Waals surface area contributed by atoms with Crippen molar-refractivity contribution in [1.82, 2.24) is 5.32 Å². The number of hydrogen-bond acceptors (Lipinski definition) is 2. The molecule has 2 saturated carbocycles. The number of likely N-dealkylation sites (tertiary alicyclic amines) is 1. The minimum absolute atomic E-state index is 0.0614. The van der Waals surface area contributed by atoms with Gasteiger partial charge < -0.3 is 14.9 Å². The van der Waals surface area contributed by atoms with Gasteiger partial charge in [0.15, 0.2) is 0 Å². The van der Waals surface area contributed by atoms with E-state index in [1.54, 1.807) is 6.07 Å². The zero-order chi connectivity index (χ0) is 25.0. The van der Waals surface area contributed by atoms with E-state index in [4.69, 9.17) is 0 Å². The number of unbranched alkanes of at least 4 members (excludes halogenated alkanes) is 2. The Balaban J connectivity index is 1.17. The smallest absolute Gasteiger partial charge is 0.220 e. The molecule has 0 bridgehead atoms. The Morgan fingerprint density at radius 1 is 1.03 bits per heavy atom. The number of fused-ring (bicyclic) bond motifs is 1. The second-order valence-electron chi connectivity index (χ2n) is 12.4. The molecule has 0 spiro atoms. The Morgan fingerprint density at radius 3 is 2.64 bits per heavy atom. The first kappa shape index (κ1) is 25.3. The molecule has 3 aliphatic rings. The first-order valence-electron chi connectivity index (χ1n) is 14.4. The number of benzene rings is 2. The summed E-state index contributed by atoms with van der Waals surface area (Å²) in [5, 5.41) is 13.7. The quantitative estimate of drug-likeness (QED) is 0.319. The van der Waals surface area contributed by atoms with Gasteiger partial charge in [-0.2, -0.15) is 0 Å². The van der Waals surface area contributed by atoms with E-state index in [0.717, 1.165) is 57.3 Å². The number of aromatic hydroxyl groups is 1. The molecule has 194 valence electrons. The molecule has 1 saturated heterocycles. The Morgan fingerprint density at radius 2 is 1.86 bits per heavy atom. The molecule has 1 aliphatic heterocycles. The number of phenolic OH excluding ortho intramolecular Hbond substituents is 1. The Kier molecular flexibility index (Phi) is 7.71. The topological polar surface area (TPSA) is 49.3 Å². The highest BCUT2D eigenvalue weighted by atomic mass is 16.3. The van der Waals surface area contributed by atoms with Crippen molar-refractivity contribution in [2.75, 3.05) is 26.7 Å². The first-order valence-corrected chi connectivity index (χ1v) is 14.4. The number of nitrogens with one attached hydrogen (secondary N) is 1. The maximum absolute atomic E-state index is 12.9. The molecular weight excluding hydrogens is 444 g/mol. The molecule has 2 aromatic carbocycles. The lowest BCUT2D eigenvalue weighted by Crippen LogP contribution is -2.62. The lowest BCUT2D eigenvalue weighted by molar-refractivity contribution is -0.921. The number of phenols is 1. The van der Waals surface area contributed by atoms with Crippen LogP contribution in [0.15, 0.2) is 54.6 Å².